The molecule has 1 aliphatic rings. The Morgan fingerprint density at radius 2 is 2.10 bits per heavy atom. The first-order chi connectivity index (χ1) is 9.90. The van der Waals surface area contributed by atoms with Gasteiger partial charge in [0.2, 0.25) is 5.91 Å². The van der Waals surface area contributed by atoms with Gasteiger partial charge >= 0.3 is 0 Å². The van der Waals surface area contributed by atoms with Gasteiger partial charge in [0.25, 0.3) is 5.91 Å². The summed E-state index contributed by atoms with van der Waals surface area (Å²) in [6.45, 7) is 1.63. The lowest BCUT2D eigenvalue weighted by Gasteiger charge is -2.36. The number of hydrogen-bond acceptors (Lipinski definition) is 3. The second-order valence-electron chi connectivity index (χ2n) is 5.11. The van der Waals surface area contributed by atoms with Crippen molar-refractivity contribution in [3.8, 4) is 0 Å². The zero-order chi connectivity index (χ0) is 15.6. The van der Waals surface area contributed by atoms with Gasteiger partial charge < -0.3 is 15.1 Å². The van der Waals surface area contributed by atoms with Gasteiger partial charge in [0.1, 0.15) is 6.04 Å². The summed E-state index contributed by atoms with van der Waals surface area (Å²) in [4.78, 5) is 28.0. The number of amides is 2. The number of nitrogens with one attached hydrogen (secondary N) is 1. The Labute approximate surface area is 137 Å². The number of likely N-dealkylation sites (N-methyl/N-ethyl adjacent to an activating group) is 1. The predicted octanol–water partition coefficient (Wildman–Crippen LogP) is 1.60. The van der Waals surface area contributed by atoms with E-state index in [2.05, 4.69) is 21.2 Å². The molecule has 1 aromatic rings. The Hall–Kier alpha value is -1.11. The first-order valence-electron chi connectivity index (χ1n) is 6.59. The maximum absolute atomic E-state index is 12.7. The van der Waals surface area contributed by atoms with Crippen LogP contribution in [0.1, 0.15) is 10.4 Å². The van der Waals surface area contributed by atoms with Crippen molar-refractivity contribution < 1.29 is 9.59 Å². The molecule has 0 aliphatic carbocycles. The highest BCUT2D eigenvalue weighted by Gasteiger charge is 2.33. The highest BCUT2D eigenvalue weighted by atomic mass is 79.9. The van der Waals surface area contributed by atoms with E-state index in [9.17, 15) is 9.59 Å². The Balaban J connectivity index is 2.28. The van der Waals surface area contributed by atoms with Crippen molar-refractivity contribution in [1.29, 1.82) is 0 Å². The van der Waals surface area contributed by atoms with Gasteiger partial charge in [-0.2, -0.15) is 0 Å². The minimum atomic E-state index is -0.487. The first-order valence-corrected chi connectivity index (χ1v) is 7.76. The molecule has 1 saturated heterocycles. The number of benzene rings is 1. The van der Waals surface area contributed by atoms with E-state index in [0.29, 0.717) is 30.2 Å². The van der Waals surface area contributed by atoms with E-state index >= 15 is 0 Å². The summed E-state index contributed by atoms with van der Waals surface area (Å²) in [5.41, 5.74) is 0.479. The van der Waals surface area contributed by atoms with Crippen LogP contribution in [0.15, 0.2) is 22.7 Å². The van der Waals surface area contributed by atoms with Crippen LogP contribution in [0.2, 0.25) is 5.02 Å². The Bertz CT molecular complexity index is 545. The van der Waals surface area contributed by atoms with Gasteiger partial charge in [-0.05, 0) is 18.2 Å². The molecule has 1 atom stereocenters. The lowest BCUT2D eigenvalue weighted by molar-refractivity contribution is -0.134. The number of carbonyl (C=O) groups is 2. The first kappa shape index (κ1) is 16.3. The van der Waals surface area contributed by atoms with Gasteiger partial charge in [-0.1, -0.05) is 27.5 Å². The molecule has 1 heterocycles. The number of hydrogen-bond donors (Lipinski definition) is 1. The van der Waals surface area contributed by atoms with Crippen molar-refractivity contribution in [3.63, 3.8) is 0 Å². The summed E-state index contributed by atoms with van der Waals surface area (Å²) >= 11 is 9.32. The van der Waals surface area contributed by atoms with Gasteiger partial charge in [0, 0.05) is 48.8 Å². The monoisotopic (exact) mass is 373 g/mol. The van der Waals surface area contributed by atoms with Crippen molar-refractivity contribution in [2.75, 3.05) is 33.7 Å². The zero-order valence-electron chi connectivity index (χ0n) is 11.9. The van der Waals surface area contributed by atoms with E-state index in [-0.39, 0.29) is 11.8 Å². The lowest BCUT2D eigenvalue weighted by atomic mass is 10.1. The predicted molar refractivity (Wildman–Crippen MR) is 85.5 cm³/mol. The number of piperazine rings is 1. The highest BCUT2D eigenvalue weighted by molar-refractivity contribution is 9.10. The average Bonchev–Trinajstić information content (AvgIpc) is 2.44. The fourth-order valence-corrected chi connectivity index (χ4v) is 3.17. The molecule has 5 nitrogen and oxygen atoms in total. The fraction of sp³-hybridized carbons (Fsp3) is 0.429. The minimum Gasteiger partial charge on any atom is -0.347 e. The maximum Gasteiger partial charge on any atom is 0.254 e. The molecule has 7 heteroatoms. The van der Waals surface area contributed by atoms with Gasteiger partial charge in [-0.25, -0.2) is 0 Å². The molecule has 114 valence electrons. The molecule has 1 N–H and O–H groups in total. The molecule has 0 saturated carbocycles. The molecule has 0 radical (unpaired) electrons. The van der Waals surface area contributed by atoms with Gasteiger partial charge in [-0.15, -0.1) is 0 Å². The fourth-order valence-electron chi connectivity index (χ4n) is 2.31. The van der Waals surface area contributed by atoms with Crippen LogP contribution in [0, 0.1) is 0 Å². The van der Waals surface area contributed by atoms with Gasteiger partial charge in [0.05, 0.1) is 0 Å². The molecule has 1 aromatic carbocycles. The molecule has 0 spiro atoms. The minimum absolute atomic E-state index is 0.0864. The largest absolute Gasteiger partial charge is 0.347 e. The number of nitrogens with zero attached hydrogens (tertiary/aromatic N) is 2. The zero-order valence-corrected chi connectivity index (χ0v) is 14.2. The second kappa shape index (κ2) is 6.77. The standard InChI is InChI=1S/C14H17BrClN3O2/c1-18(2)14(21)12-8-17-3-4-19(12)13(20)9-5-10(15)7-11(16)6-9/h5-7,12,17H,3-4,8H2,1-2H3. The molecular formula is C14H17BrClN3O2. The normalized spacial score (nSPS) is 18.5. The number of carbonyl (C=O) groups excluding carboxylic acids is 2. The average molecular weight is 375 g/mol. The summed E-state index contributed by atoms with van der Waals surface area (Å²) in [6.07, 6.45) is 0. The van der Waals surface area contributed by atoms with Crippen molar-refractivity contribution in [2.45, 2.75) is 6.04 Å². The maximum atomic E-state index is 12.7. The van der Waals surface area contributed by atoms with Crippen LogP contribution >= 0.6 is 27.5 Å². The third-order valence-electron chi connectivity index (χ3n) is 3.34. The van der Waals surface area contributed by atoms with Crippen molar-refractivity contribution in [3.05, 3.63) is 33.3 Å². The Morgan fingerprint density at radius 1 is 1.38 bits per heavy atom. The third-order valence-corrected chi connectivity index (χ3v) is 4.02. The van der Waals surface area contributed by atoms with Crippen LogP contribution < -0.4 is 5.32 Å². The number of rotatable bonds is 2. The van der Waals surface area contributed by atoms with E-state index in [1.165, 1.54) is 4.90 Å². The quantitative estimate of drug-likeness (QED) is 0.855. The van der Waals surface area contributed by atoms with Crippen molar-refractivity contribution in [2.24, 2.45) is 0 Å². The molecule has 1 unspecified atom stereocenters. The van der Waals surface area contributed by atoms with E-state index in [4.69, 9.17) is 11.6 Å². The van der Waals surface area contributed by atoms with Crippen molar-refractivity contribution >= 4 is 39.3 Å². The van der Waals surface area contributed by atoms with Crippen molar-refractivity contribution in [1.82, 2.24) is 15.1 Å². The Morgan fingerprint density at radius 3 is 2.71 bits per heavy atom. The van der Waals surface area contributed by atoms with E-state index in [1.807, 2.05) is 0 Å². The third kappa shape index (κ3) is 3.75. The molecule has 0 bridgehead atoms. The smallest absolute Gasteiger partial charge is 0.254 e. The lowest BCUT2D eigenvalue weighted by Crippen LogP contribution is -2.59. The van der Waals surface area contributed by atoms with Crippen LogP contribution in [-0.2, 0) is 4.79 Å². The van der Waals surface area contributed by atoms with Crippen LogP contribution in [0.3, 0.4) is 0 Å². The summed E-state index contributed by atoms with van der Waals surface area (Å²) in [6, 6.07) is 4.57. The second-order valence-corrected chi connectivity index (χ2v) is 6.46. The van der Waals surface area contributed by atoms with Gasteiger partial charge in [0.15, 0.2) is 0 Å². The van der Waals surface area contributed by atoms with Crippen LogP contribution in [0.4, 0.5) is 0 Å². The van der Waals surface area contributed by atoms with Gasteiger partial charge in [-0.3, -0.25) is 9.59 Å². The molecule has 21 heavy (non-hydrogen) atoms. The topological polar surface area (TPSA) is 52.7 Å². The molecule has 2 rings (SSSR count). The Kier molecular flexibility index (Phi) is 5.24. The van der Waals surface area contributed by atoms with E-state index < -0.39 is 6.04 Å². The molecule has 1 aliphatic heterocycles. The van der Waals surface area contributed by atoms with Crippen LogP contribution in [-0.4, -0.2) is 61.4 Å². The summed E-state index contributed by atoms with van der Waals surface area (Å²) in [5.74, 6) is -0.267. The van der Waals surface area contributed by atoms with Crippen LogP contribution in [0.5, 0.6) is 0 Å². The summed E-state index contributed by atoms with van der Waals surface area (Å²) in [5, 5.41) is 3.64. The molecular weight excluding hydrogens is 358 g/mol. The van der Waals surface area contributed by atoms with E-state index in [1.54, 1.807) is 37.2 Å². The molecule has 0 aromatic heterocycles. The SMILES string of the molecule is CN(C)C(=O)C1CNCCN1C(=O)c1cc(Cl)cc(Br)c1. The van der Waals surface area contributed by atoms with E-state index in [0.717, 1.165) is 4.47 Å². The molecule has 1 fully saturated rings. The highest BCUT2D eigenvalue weighted by Crippen LogP contribution is 2.22. The van der Waals surface area contributed by atoms with Crippen LogP contribution in [0.25, 0.3) is 0 Å². The summed E-state index contributed by atoms with van der Waals surface area (Å²) < 4.78 is 0.740. The molecule has 2 amide bonds. The summed E-state index contributed by atoms with van der Waals surface area (Å²) in [7, 11) is 3.38. The number of halogens is 2.